The number of carbonyl (C=O) groups is 1. The third kappa shape index (κ3) is 3.13. The van der Waals surface area contributed by atoms with E-state index in [4.69, 9.17) is 10.9 Å². The minimum absolute atomic E-state index is 0.0915. The second-order valence-corrected chi connectivity index (χ2v) is 7.33. The van der Waals surface area contributed by atoms with Crippen molar-refractivity contribution in [3.8, 4) is 0 Å². The monoisotopic (exact) mass is 304 g/mol. The molecule has 116 valence electrons. The van der Waals surface area contributed by atoms with Crippen LogP contribution in [0.2, 0.25) is 0 Å². The van der Waals surface area contributed by atoms with Crippen LogP contribution in [0.25, 0.3) is 0 Å². The van der Waals surface area contributed by atoms with Gasteiger partial charge in [0.2, 0.25) is 5.91 Å². The molecule has 1 saturated heterocycles. The highest BCUT2D eigenvalue weighted by Crippen LogP contribution is 2.37. The van der Waals surface area contributed by atoms with Crippen LogP contribution in [0.3, 0.4) is 0 Å². The summed E-state index contributed by atoms with van der Waals surface area (Å²) < 4.78 is 23.7. The lowest BCUT2D eigenvalue weighted by molar-refractivity contribution is -0.144. The Labute approximate surface area is 120 Å². The summed E-state index contributed by atoms with van der Waals surface area (Å²) in [5, 5.41) is 5.10. The van der Waals surface area contributed by atoms with Crippen LogP contribution in [0, 0.1) is 5.41 Å². The van der Waals surface area contributed by atoms with Gasteiger partial charge in [-0.25, -0.2) is 5.14 Å². The second kappa shape index (κ2) is 5.97. The molecule has 20 heavy (non-hydrogen) atoms. The van der Waals surface area contributed by atoms with Gasteiger partial charge in [0.25, 0.3) is 10.2 Å². The Morgan fingerprint density at radius 3 is 2.05 bits per heavy atom. The van der Waals surface area contributed by atoms with Crippen molar-refractivity contribution >= 4 is 16.1 Å². The van der Waals surface area contributed by atoms with E-state index in [1.165, 1.54) is 4.31 Å². The van der Waals surface area contributed by atoms with E-state index in [1.54, 1.807) is 4.90 Å². The molecule has 1 amide bonds. The van der Waals surface area contributed by atoms with Crippen LogP contribution in [0.4, 0.5) is 0 Å². The Morgan fingerprint density at radius 2 is 1.60 bits per heavy atom. The highest BCUT2D eigenvalue weighted by Gasteiger charge is 2.41. The summed E-state index contributed by atoms with van der Waals surface area (Å²) in [6, 6.07) is 0. The average molecular weight is 304 g/mol. The predicted molar refractivity (Wildman–Crippen MR) is 75.8 cm³/mol. The summed E-state index contributed by atoms with van der Waals surface area (Å²) in [5.74, 6) is 0.0915. The first-order valence-corrected chi connectivity index (χ1v) is 8.67. The van der Waals surface area contributed by atoms with Gasteiger partial charge in [-0.05, 0) is 12.8 Å². The molecule has 0 unspecified atom stereocenters. The molecule has 1 heterocycles. The summed E-state index contributed by atoms with van der Waals surface area (Å²) in [5.41, 5.74) is 5.44. The second-order valence-electron chi connectivity index (χ2n) is 5.78. The summed E-state index contributed by atoms with van der Waals surface area (Å²) in [6.45, 7) is 1.71. The molecule has 2 rings (SSSR count). The van der Waals surface area contributed by atoms with E-state index in [0.29, 0.717) is 19.6 Å². The van der Waals surface area contributed by atoms with E-state index in [2.05, 4.69) is 0 Å². The normalized spacial score (nSPS) is 24.6. The summed E-state index contributed by atoms with van der Waals surface area (Å²) in [7, 11) is -3.65. The molecule has 1 aliphatic carbocycles. The molecule has 0 spiro atoms. The molecule has 2 fully saturated rings. The van der Waals surface area contributed by atoms with Gasteiger partial charge in [-0.15, -0.1) is 0 Å². The fourth-order valence-corrected chi connectivity index (χ4v) is 3.89. The van der Waals surface area contributed by atoms with E-state index < -0.39 is 15.6 Å². The van der Waals surface area contributed by atoms with Gasteiger partial charge < -0.3 is 10.6 Å². The molecule has 2 aliphatic rings. The van der Waals surface area contributed by atoms with Crippen molar-refractivity contribution in [2.24, 2.45) is 16.3 Å². The average Bonchev–Trinajstić information content (AvgIpc) is 2.46. The molecule has 1 aliphatic heterocycles. The zero-order chi connectivity index (χ0) is 14.8. The first kappa shape index (κ1) is 15.7. The van der Waals surface area contributed by atoms with Gasteiger partial charge in [-0.3, -0.25) is 4.79 Å². The largest absolute Gasteiger partial charge is 0.340 e. The molecule has 0 radical (unpaired) electrons. The van der Waals surface area contributed by atoms with Gasteiger partial charge >= 0.3 is 0 Å². The summed E-state index contributed by atoms with van der Waals surface area (Å²) >= 11 is 0. The first-order chi connectivity index (χ1) is 9.39. The maximum Gasteiger partial charge on any atom is 0.277 e. The van der Waals surface area contributed by atoms with Gasteiger partial charge in [0.05, 0.1) is 5.41 Å². The van der Waals surface area contributed by atoms with Crippen LogP contribution in [-0.4, -0.2) is 56.3 Å². The third-order valence-corrected chi connectivity index (χ3v) is 5.63. The Hall–Kier alpha value is -0.700. The molecule has 0 aromatic rings. The molecule has 4 N–H and O–H groups in total. The molecule has 7 nitrogen and oxygen atoms in total. The summed E-state index contributed by atoms with van der Waals surface area (Å²) in [6.07, 6.45) is 4.93. The standard InChI is InChI=1S/C12H24N4O3S/c13-10-12(4-2-1-3-5-12)11(17)15-6-8-16(9-7-15)20(14,18)19/h1-10,13H2,(H2,14,18,19). The minimum atomic E-state index is -3.65. The molecule has 0 aromatic heterocycles. The Morgan fingerprint density at radius 1 is 1.05 bits per heavy atom. The number of nitrogens with zero attached hydrogens (tertiary/aromatic N) is 2. The smallest absolute Gasteiger partial charge is 0.277 e. The van der Waals surface area contributed by atoms with Crippen molar-refractivity contribution in [2.75, 3.05) is 32.7 Å². The highest BCUT2D eigenvalue weighted by atomic mass is 32.2. The lowest BCUT2D eigenvalue weighted by Crippen LogP contribution is -2.57. The number of hydrogen-bond acceptors (Lipinski definition) is 4. The van der Waals surface area contributed by atoms with Gasteiger partial charge in [0, 0.05) is 32.7 Å². The number of piperazine rings is 1. The van der Waals surface area contributed by atoms with Crippen LogP contribution in [0.15, 0.2) is 0 Å². The third-order valence-electron chi connectivity index (χ3n) is 4.54. The fraction of sp³-hybridized carbons (Fsp3) is 0.917. The molecule has 8 heteroatoms. The SMILES string of the molecule is NCC1(C(=O)N2CCN(S(N)(=O)=O)CC2)CCCCC1. The molecular weight excluding hydrogens is 280 g/mol. The minimum Gasteiger partial charge on any atom is -0.340 e. The quantitative estimate of drug-likeness (QED) is 0.714. The van der Waals surface area contributed by atoms with E-state index in [1.807, 2.05) is 0 Å². The Bertz CT molecular complexity index is 451. The van der Waals surface area contributed by atoms with E-state index >= 15 is 0 Å². The molecular formula is C12H24N4O3S. The Kier molecular flexibility index (Phi) is 4.68. The zero-order valence-electron chi connectivity index (χ0n) is 11.8. The topological polar surface area (TPSA) is 110 Å². The Balaban J connectivity index is 2.00. The number of carbonyl (C=O) groups excluding carboxylic acids is 1. The predicted octanol–water partition coefficient (Wildman–Crippen LogP) is -0.757. The van der Waals surface area contributed by atoms with Crippen molar-refractivity contribution in [1.82, 2.24) is 9.21 Å². The lowest BCUT2D eigenvalue weighted by Gasteiger charge is -2.41. The van der Waals surface area contributed by atoms with E-state index in [0.717, 1.165) is 32.1 Å². The van der Waals surface area contributed by atoms with Gasteiger partial charge in [-0.1, -0.05) is 19.3 Å². The van der Waals surface area contributed by atoms with Crippen molar-refractivity contribution in [2.45, 2.75) is 32.1 Å². The van der Waals surface area contributed by atoms with Crippen LogP contribution in [0.1, 0.15) is 32.1 Å². The molecule has 0 bridgehead atoms. The molecule has 0 aromatic carbocycles. The van der Waals surface area contributed by atoms with E-state index in [9.17, 15) is 13.2 Å². The van der Waals surface area contributed by atoms with Crippen LogP contribution in [0.5, 0.6) is 0 Å². The van der Waals surface area contributed by atoms with Crippen molar-refractivity contribution < 1.29 is 13.2 Å². The number of rotatable bonds is 3. The van der Waals surface area contributed by atoms with E-state index in [-0.39, 0.29) is 19.0 Å². The maximum atomic E-state index is 12.7. The van der Waals surface area contributed by atoms with Gasteiger partial charge in [0.15, 0.2) is 0 Å². The first-order valence-electron chi connectivity index (χ1n) is 7.16. The zero-order valence-corrected chi connectivity index (χ0v) is 12.6. The van der Waals surface area contributed by atoms with Crippen LogP contribution >= 0.6 is 0 Å². The summed E-state index contributed by atoms with van der Waals surface area (Å²) in [4.78, 5) is 14.5. The number of nitrogens with two attached hydrogens (primary N) is 2. The highest BCUT2D eigenvalue weighted by molar-refractivity contribution is 7.86. The fourth-order valence-electron chi connectivity index (χ4n) is 3.21. The van der Waals surface area contributed by atoms with Gasteiger partial charge in [-0.2, -0.15) is 12.7 Å². The maximum absolute atomic E-state index is 12.7. The van der Waals surface area contributed by atoms with Crippen molar-refractivity contribution in [3.05, 3.63) is 0 Å². The lowest BCUT2D eigenvalue weighted by atomic mass is 9.73. The number of amides is 1. The number of hydrogen-bond donors (Lipinski definition) is 2. The molecule has 1 saturated carbocycles. The van der Waals surface area contributed by atoms with Crippen LogP contribution < -0.4 is 10.9 Å². The van der Waals surface area contributed by atoms with Crippen LogP contribution in [-0.2, 0) is 15.0 Å². The van der Waals surface area contributed by atoms with Crippen molar-refractivity contribution in [1.29, 1.82) is 0 Å². The molecule has 0 atom stereocenters. The van der Waals surface area contributed by atoms with Gasteiger partial charge in [0.1, 0.15) is 0 Å². The van der Waals surface area contributed by atoms with Crippen molar-refractivity contribution in [3.63, 3.8) is 0 Å².